The van der Waals surface area contributed by atoms with E-state index < -0.39 is 31.1 Å². The van der Waals surface area contributed by atoms with Gasteiger partial charge in [-0.1, -0.05) is 6.07 Å². The molecule has 1 aromatic heterocycles. The summed E-state index contributed by atoms with van der Waals surface area (Å²) in [4.78, 5) is 22.4. The summed E-state index contributed by atoms with van der Waals surface area (Å²) < 4.78 is 37.5. The molecule has 1 N–H and O–H groups in total. The number of aliphatic carboxylic acids is 1. The Kier molecular flexibility index (Phi) is 5.67. The Labute approximate surface area is 115 Å². The molecular weight excluding hydrogens is 303 g/mol. The van der Waals surface area contributed by atoms with E-state index in [1.807, 2.05) is 0 Å². The van der Waals surface area contributed by atoms with Gasteiger partial charge < -0.3 is 10.0 Å². The molecule has 0 fully saturated rings. The molecule has 4 nitrogen and oxygen atoms in total. The quantitative estimate of drug-likeness (QED) is 0.819. The van der Waals surface area contributed by atoms with Crippen molar-refractivity contribution in [3.63, 3.8) is 0 Å². The number of rotatable bonds is 6. The van der Waals surface area contributed by atoms with E-state index in [1.54, 1.807) is 17.5 Å². The lowest BCUT2D eigenvalue weighted by molar-refractivity contribution is -0.164. The number of nitrogens with zero attached hydrogens (tertiary/aromatic N) is 1. The average molecular weight is 313 g/mol. The van der Waals surface area contributed by atoms with Gasteiger partial charge in [0.1, 0.15) is 13.1 Å². The van der Waals surface area contributed by atoms with Crippen molar-refractivity contribution in [2.75, 3.05) is 18.8 Å². The molecule has 0 aromatic carbocycles. The normalized spacial score (nSPS) is 11.3. The molecule has 106 valence electrons. The van der Waals surface area contributed by atoms with Crippen LogP contribution in [-0.4, -0.2) is 46.9 Å². The second-order valence-corrected chi connectivity index (χ2v) is 5.70. The van der Waals surface area contributed by atoms with E-state index in [0.717, 1.165) is 16.0 Å². The Morgan fingerprint density at radius 2 is 2.11 bits per heavy atom. The number of carboxylic acid groups (broad SMARTS) is 1. The first kappa shape index (κ1) is 15.8. The fourth-order valence-electron chi connectivity index (χ4n) is 1.18. The van der Waals surface area contributed by atoms with Gasteiger partial charge in [0.2, 0.25) is 5.91 Å². The Bertz CT molecular complexity index is 434. The minimum atomic E-state index is -4.61. The monoisotopic (exact) mass is 313 g/mol. The topological polar surface area (TPSA) is 57.6 Å². The van der Waals surface area contributed by atoms with Gasteiger partial charge in [0, 0.05) is 0 Å². The second kappa shape index (κ2) is 6.80. The summed E-state index contributed by atoms with van der Waals surface area (Å²) in [5.41, 5.74) is 0. The van der Waals surface area contributed by atoms with Crippen LogP contribution in [0.25, 0.3) is 0 Å². The van der Waals surface area contributed by atoms with E-state index in [9.17, 15) is 22.8 Å². The summed E-state index contributed by atoms with van der Waals surface area (Å²) in [5.74, 6) is -2.54. The molecule has 0 aliphatic heterocycles. The zero-order chi connectivity index (χ0) is 14.5. The lowest BCUT2D eigenvalue weighted by Crippen LogP contribution is -2.42. The average Bonchev–Trinajstić information content (AvgIpc) is 2.75. The van der Waals surface area contributed by atoms with E-state index in [1.165, 1.54) is 11.3 Å². The molecule has 0 aliphatic rings. The lowest BCUT2D eigenvalue weighted by Gasteiger charge is -2.21. The Morgan fingerprint density at radius 1 is 1.42 bits per heavy atom. The highest BCUT2D eigenvalue weighted by Gasteiger charge is 2.33. The van der Waals surface area contributed by atoms with E-state index >= 15 is 0 Å². The van der Waals surface area contributed by atoms with Gasteiger partial charge in [-0.25, -0.2) is 0 Å². The molecule has 0 unspecified atom stereocenters. The van der Waals surface area contributed by atoms with Crippen molar-refractivity contribution in [3.8, 4) is 0 Å². The van der Waals surface area contributed by atoms with Crippen LogP contribution in [0.2, 0.25) is 0 Å². The largest absolute Gasteiger partial charge is 0.480 e. The van der Waals surface area contributed by atoms with Gasteiger partial charge in [-0.05, 0) is 11.4 Å². The first-order valence-electron chi connectivity index (χ1n) is 5.00. The van der Waals surface area contributed by atoms with Gasteiger partial charge >= 0.3 is 12.1 Å². The molecule has 0 saturated heterocycles. The van der Waals surface area contributed by atoms with Crippen LogP contribution in [0.4, 0.5) is 13.2 Å². The maximum atomic E-state index is 12.2. The van der Waals surface area contributed by atoms with E-state index in [0.29, 0.717) is 4.90 Å². The summed E-state index contributed by atoms with van der Waals surface area (Å²) in [5, 5.41) is 10.3. The standard InChI is InChI=1S/C10H10F3NO3S2/c11-10(12,13)6-14(4-8(16)17)7(15)5-19-9-2-1-3-18-9/h1-3H,4-6H2,(H,16,17). The highest BCUT2D eigenvalue weighted by Crippen LogP contribution is 2.24. The SMILES string of the molecule is O=C(O)CN(CC(F)(F)F)C(=O)CSc1cccs1. The summed E-state index contributed by atoms with van der Waals surface area (Å²) in [6.07, 6.45) is -4.61. The van der Waals surface area contributed by atoms with Crippen molar-refractivity contribution < 1.29 is 27.9 Å². The molecular formula is C10H10F3NO3S2. The molecule has 1 amide bonds. The Hall–Kier alpha value is -1.22. The maximum absolute atomic E-state index is 12.2. The van der Waals surface area contributed by atoms with Gasteiger partial charge in [0.15, 0.2) is 0 Å². The molecule has 0 spiro atoms. The fourth-order valence-corrected chi connectivity index (χ4v) is 2.87. The predicted octanol–water partition coefficient (Wildman–Crippen LogP) is 2.32. The Morgan fingerprint density at radius 3 is 2.58 bits per heavy atom. The number of carbonyl (C=O) groups is 2. The van der Waals surface area contributed by atoms with Gasteiger partial charge in [0.05, 0.1) is 9.96 Å². The van der Waals surface area contributed by atoms with E-state index in [2.05, 4.69) is 0 Å². The summed E-state index contributed by atoms with van der Waals surface area (Å²) in [6, 6.07) is 3.48. The van der Waals surface area contributed by atoms with Gasteiger partial charge in [-0.15, -0.1) is 23.1 Å². The first-order chi connectivity index (χ1) is 8.78. The number of thiophene rings is 1. The fraction of sp³-hybridized carbons (Fsp3) is 0.400. The van der Waals surface area contributed by atoms with E-state index in [4.69, 9.17) is 5.11 Å². The van der Waals surface area contributed by atoms with Gasteiger partial charge in [-0.3, -0.25) is 9.59 Å². The van der Waals surface area contributed by atoms with Crippen LogP contribution < -0.4 is 0 Å². The minimum Gasteiger partial charge on any atom is -0.480 e. The molecule has 1 heterocycles. The number of thioether (sulfide) groups is 1. The Balaban J connectivity index is 2.57. The number of halogens is 3. The molecule has 0 radical (unpaired) electrons. The van der Waals surface area contributed by atoms with Crippen LogP contribution in [0.15, 0.2) is 21.7 Å². The predicted molar refractivity (Wildman–Crippen MR) is 65.3 cm³/mol. The minimum absolute atomic E-state index is 0.218. The van der Waals surface area contributed by atoms with Crippen molar-refractivity contribution in [1.82, 2.24) is 4.90 Å². The van der Waals surface area contributed by atoms with Crippen molar-refractivity contribution in [2.24, 2.45) is 0 Å². The maximum Gasteiger partial charge on any atom is 0.406 e. The van der Waals surface area contributed by atoms with Crippen LogP contribution in [0.3, 0.4) is 0 Å². The second-order valence-electron chi connectivity index (χ2n) is 3.48. The molecule has 0 atom stereocenters. The molecule has 1 aromatic rings. The zero-order valence-electron chi connectivity index (χ0n) is 9.51. The van der Waals surface area contributed by atoms with Crippen molar-refractivity contribution >= 4 is 35.0 Å². The molecule has 1 rings (SSSR count). The van der Waals surface area contributed by atoms with Crippen molar-refractivity contribution in [1.29, 1.82) is 0 Å². The third-order valence-corrected chi connectivity index (χ3v) is 4.00. The number of carbonyl (C=O) groups excluding carboxylic acids is 1. The van der Waals surface area contributed by atoms with Crippen LogP contribution in [0.5, 0.6) is 0 Å². The number of carboxylic acids is 1. The summed E-state index contributed by atoms with van der Waals surface area (Å²) >= 11 is 2.44. The molecule has 19 heavy (non-hydrogen) atoms. The number of alkyl halides is 3. The lowest BCUT2D eigenvalue weighted by atomic mass is 10.4. The number of hydrogen-bond acceptors (Lipinski definition) is 4. The highest BCUT2D eigenvalue weighted by molar-refractivity contribution is 8.01. The molecule has 0 aliphatic carbocycles. The highest BCUT2D eigenvalue weighted by atomic mass is 32.2. The van der Waals surface area contributed by atoms with Gasteiger partial charge in [-0.2, -0.15) is 13.2 Å². The molecule has 0 saturated carbocycles. The zero-order valence-corrected chi connectivity index (χ0v) is 11.1. The third kappa shape index (κ3) is 6.48. The number of hydrogen-bond donors (Lipinski definition) is 1. The van der Waals surface area contributed by atoms with Crippen molar-refractivity contribution in [3.05, 3.63) is 17.5 Å². The van der Waals surface area contributed by atoms with Crippen LogP contribution in [-0.2, 0) is 9.59 Å². The van der Waals surface area contributed by atoms with E-state index in [-0.39, 0.29) is 5.75 Å². The number of amides is 1. The van der Waals surface area contributed by atoms with Crippen LogP contribution >= 0.6 is 23.1 Å². The van der Waals surface area contributed by atoms with Crippen molar-refractivity contribution in [2.45, 2.75) is 10.4 Å². The van der Waals surface area contributed by atoms with Gasteiger partial charge in [0.25, 0.3) is 0 Å². The first-order valence-corrected chi connectivity index (χ1v) is 6.87. The summed E-state index contributed by atoms with van der Waals surface area (Å²) in [6.45, 7) is -2.51. The summed E-state index contributed by atoms with van der Waals surface area (Å²) in [7, 11) is 0. The van der Waals surface area contributed by atoms with Crippen LogP contribution in [0.1, 0.15) is 0 Å². The smallest absolute Gasteiger partial charge is 0.406 e. The molecule has 0 bridgehead atoms. The molecule has 9 heteroatoms. The van der Waals surface area contributed by atoms with Crippen LogP contribution in [0, 0.1) is 0 Å². The third-order valence-electron chi connectivity index (χ3n) is 1.88.